The summed E-state index contributed by atoms with van der Waals surface area (Å²) in [7, 11) is 3.25. The van der Waals surface area contributed by atoms with Gasteiger partial charge in [-0.15, -0.1) is 6.58 Å². The fourth-order valence-electron chi connectivity index (χ4n) is 3.34. The molecule has 0 unspecified atom stereocenters. The number of methoxy groups -OCH3 is 2. The first-order chi connectivity index (χ1) is 15.1. The van der Waals surface area contributed by atoms with Crippen molar-refractivity contribution in [1.29, 1.82) is 0 Å². The van der Waals surface area contributed by atoms with Crippen LogP contribution in [0.3, 0.4) is 0 Å². The van der Waals surface area contributed by atoms with Crippen molar-refractivity contribution in [2.24, 2.45) is 0 Å². The van der Waals surface area contributed by atoms with Crippen LogP contribution in [0.1, 0.15) is 11.1 Å². The van der Waals surface area contributed by atoms with E-state index in [9.17, 15) is 4.79 Å². The molecule has 3 rings (SSSR count). The largest absolute Gasteiger partial charge is 0.496 e. The fraction of sp³-hybridized carbons (Fsp3) is 0.200. The zero-order valence-corrected chi connectivity index (χ0v) is 19.3. The summed E-state index contributed by atoms with van der Waals surface area (Å²) in [6.07, 6.45) is 5.61. The maximum atomic E-state index is 13.4. The molecule has 2 aromatic rings. The number of nitrogens with zero attached hydrogens (tertiary/aromatic N) is 1. The molecule has 4 nitrogen and oxygen atoms in total. The summed E-state index contributed by atoms with van der Waals surface area (Å²) in [5, 5.41) is 0. The number of ether oxygens (including phenoxy) is 2. The van der Waals surface area contributed by atoms with Crippen molar-refractivity contribution in [3.63, 3.8) is 0 Å². The topological polar surface area (TPSA) is 38.8 Å². The van der Waals surface area contributed by atoms with Crippen LogP contribution in [0.15, 0.2) is 72.3 Å². The van der Waals surface area contributed by atoms with E-state index in [1.165, 1.54) is 0 Å². The lowest BCUT2D eigenvalue weighted by Crippen LogP contribution is -2.39. The maximum absolute atomic E-state index is 13.4. The molecule has 31 heavy (non-hydrogen) atoms. The lowest BCUT2D eigenvalue weighted by atomic mass is 9.94. The quantitative estimate of drug-likeness (QED) is 0.339. The summed E-state index contributed by atoms with van der Waals surface area (Å²) in [4.78, 5) is 15.5. The monoisotopic (exact) mass is 451 g/mol. The number of thiocarbonyl (C=S) groups is 1. The molecule has 2 aromatic carbocycles. The molecular weight excluding hydrogens is 426 g/mol. The van der Waals surface area contributed by atoms with Crippen LogP contribution in [0, 0.1) is 0 Å². The minimum absolute atomic E-state index is 0.00424. The van der Waals surface area contributed by atoms with E-state index < -0.39 is 0 Å². The number of carbonyl (C=O) groups is 1. The number of hydrogen-bond donors (Lipinski definition) is 0. The molecule has 0 aromatic heterocycles. The highest BCUT2D eigenvalue weighted by Gasteiger charge is 2.28. The summed E-state index contributed by atoms with van der Waals surface area (Å²) in [6.45, 7) is 4.66. The molecule has 1 saturated heterocycles. The van der Waals surface area contributed by atoms with Gasteiger partial charge in [0, 0.05) is 41.1 Å². The van der Waals surface area contributed by atoms with E-state index in [2.05, 4.69) is 6.58 Å². The highest BCUT2D eigenvalue weighted by molar-refractivity contribution is 8.23. The molecule has 1 aliphatic heterocycles. The molecule has 1 heterocycles. The average Bonchev–Trinajstić information content (AvgIpc) is 2.80. The maximum Gasteiger partial charge on any atom is 0.188 e. The van der Waals surface area contributed by atoms with Gasteiger partial charge < -0.3 is 14.4 Å². The smallest absolute Gasteiger partial charge is 0.188 e. The van der Waals surface area contributed by atoms with Crippen molar-refractivity contribution < 1.29 is 14.3 Å². The standard InChI is InChI=1S/C25H25NO3S2/c1-4-13-31-25(30)26-16-20(14-18-9-5-7-11-22(18)28-2)24(27)21(17-26)15-19-10-6-8-12-23(19)29-3/h4-12,14-15H,1,13,16-17H2,2-3H3/b20-14+,21-15+. The van der Waals surface area contributed by atoms with Gasteiger partial charge in [-0.1, -0.05) is 66.5 Å². The molecule has 0 spiro atoms. The Morgan fingerprint density at radius 2 is 1.48 bits per heavy atom. The minimum Gasteiger partial charge on any atom is -0.496 e. The number of thioether (sulfide) groups is 1. The van der Waals surface area contributed by atoms with Crippen LogP contribution in [0.2, 0.25) is 0 Å². The first kappa shape index (κ1) is 22.8. The number of benzene rings is 2. The van der Waals surface area contributed by atoms with Gasteiger partial charge in [-0.25, -0.2) is 0 Å². The van der Waals surface area contributed by atoms with Gasteiger partial charge in [0.15, 0.2) is 5.78 Å². The molecule has 0 radical (unpaired) electrons. The van der Waals surface area contributed by atoms with Crippen molar-refractivity contribution in [1.82, 2.24) is 4.90 Å². The Morgan fingerprint density at radius 1 is 1.00 bits per heavy atom. The number of Topliss-reactive ketones (excluding diaryl/α,β-unsaturated/α-hetero) is 1. The van der Waals surface area contributed by atoms with Crippen LogP contribution in [-0.2, 0) is 4.79 Å². The number of rotatable bonds is 6. The van der Waals surface area contributed by atoms with E-state index in [-0.39, 0.29) is 5.78 Å². The fourth-order valence-corrected chi connectivity index (χ4v) is 4.24. The van der Waals surface area contributed by atoms with E-state index in [4.69, 9.17) is 21.7 Å². The molecule has 0 bridgehead atoms. The zero-order chi connectivity index (χ0) is 22.2. The van der Waals surface area contributed by atoms with Crippen LogP contribution < -0.4 is 9.47 Å². The zero-order valence-electron chi connectivity index (χ0n) is 17.7. The average molecular weight is 452 g/mol. The van der Waals surface area contributed by atoms with Gasteiger partial charge in [-0.3, -0.25) is 4.79 Å². The van der Waals surface area contributed by atoms with Crippen LogP contribution >= 0.6 is 24.0 Å². The summed E-state index contributed by atoms with van der Waals surface area (Å²) in [6, 6.07) is 15.3. The second-order valence-corrected chi connectivity index (χ2v) is 8.53. The van der Waals surface area contributed by atoms with Crippen LogP contribution in [0.5, 0.6) is 11.5 Å². The Hall–Kier alpha value is -2.83. The van der Waals surface area contributed by atoms with E-state index in [1.807, 2.05) is 71.7 Å². The summed E-state index contributed by atoms with van der Waals surface area (Å²) < 4.78 is 11.7. The third-order valence-electron chi connectivity index (χ3n) is 4.83. The van der Waals surface area contributed by atoms with Crippen LogP contribution in [0.4, 0.5) is 0 Å². The predicted molar refractivity (Wildman–Crippen MR) is 134 cm³/mol. The number of carbonyl (C=O) groups excluding carboxylic acids is 1. The molecule has 0 saturated carbocycles. The van der Waals surface area contributed by atoms with Crippen molar-refractivity contribution in [3.8, 4) is 11.5 Å². The lowest BCUT2D eigenvalue weighted by molar-refractivity contribution is -0.113. The molecular formula is C25H25NO3S2. The molecule has 1 aliphatic rings. The van der Waals surface area contributed by atoms with Crippen molar-refractivity contribution in [2.45, 2.75) is 0 Å². The number of hydrogen-bond acceptors (Lipinski definition) is 5. The predicted octanol–water partition coefficient (Wildman–Crippen LogP) is 5.26. The van der Waals surface area contributed by atoms with Gasteiger partial charge in [0.1, 0.15) is 15.8 Å². The number of ketones is 1. The normalized spacial score (nSPS) is 16.5. The Bertz CT molecular complexity index is 973. The number of piperidine rings is 1. The van der Waals surface area contributed by atoms with Gasteiger partial charge in [0.25, 0.3) is 0 Å². The Morgan fingerprint density at radius 3 is 1.94 bits per heavy atom. The van der Waals surface area contributed by atoms with E-state index >= 15 is 0 Å². The molecule has 0 atom stereocenters. The van der Waals surface area contributed by atoms with Crippen molar-refractivity contribution in [3.05, 3.63) is 83.5 Å². The van der Waals surface area contributed by atoms with E-state index in [1.54, 1.807) is 26.0 Å². The first-order valence-electron chi connectivity index (χ1n) is 9.81. The second kappa shape index (κ2) is 11.0. The van der Waals surface area contributed by atoms with Gasteiger partial charge in [-0.2, -0.15) is 0 Å². The molecule has 0 aliphatic carbocycles. The highest BCUT2D eigenvalue weighted by atomic mass is 32.2. The molecule has 6 heteroatoms. The summed E-state index contributed by atoms with van der Waals surface area (Å²) in [5.74, 6) is 2.17. The number of para-hydroxylation sites is 2. The minimum atomic E-state index is 0.00424. The van der Waals surface area contributed by atoms with Crippen molar-refractivity contribution >= 4 is 46.2 Å². The first-order valence-corrected chi connectivity index (χ1v) is 11.2. The Labute approximate surface area is 193 Å². The third-order valence-corrected chi connectivity index (χ3v) is 6.35. The SMILES string of the molecule is C=CCSC(=S)N1C/C(=C\c2ccccc2OC)C(=O)/C(=C/c2ccccc2OC)C1. The molecule has 0 N–H and O–H groups in total. The van der Waals surface area contributed by atoms with Gasteiger partial charge in [-0.05, 0) is 24.3 Å². The Balaban J connectivity index is 2.03. The molecule has 160 valence electrons. The molecule has 0 amide bonds. The number of likely N-dealkylation sites (tertiary alicyclic amines) is 1. The van der Waals surface area contributed by atoms with Crippen LogP contribution in [-0.4, -0.2) is 48.1 Å². The van der Waals surface area contributed by atoms with Gasteiger partial charge in [0.05, 0.1) is 14.2 Å². The second-order valence-electron chi connectivity index (χ2n) is 6.87. The highest BCUT2D eigenvalue weighted by Crippen LogP contribution is 2.29. The Kier molecular flexibility index (Phi) is 8.09. The lowest BCUT2D eigenvalue weighted by Gasteiger charge is -2.31. The molecule has 1 fully saturated rings. The van der Waals surface area contributed by atoms with Gasteiger partial charge >= 0.3 is 0 Å². The third kappa shape index (κ3) is 5.66. The van der Waals surface area contributed by atoms with Gasteiger partial charge in [0.2, 0.25) is 0 Å². The summed E-state index contributed by atoms with van der Waals surface area (Å²) >= 11 is 7.18. The summed E-state index contributed by atoms with van der Waals surface area (Å²) in [5.41, 5.74) is 3.05. The van der Waals surface area contributed by atoms with E-state index in [0.29, 0.717) is 24.2 Å². The van der Waals surface area contributed by atoms with Crippen LogP contribution in [0.25, 0.3) is 12.2 Å². The van der Waals surface area contributed by atoms with Crippen molar-refractivity contribution in [2.75, 3.05) is 33.1 Å². The van der Waals surface area contributed by atoms with E-state index in [0.717, 1.165) is 32.7 Å².